The standard InChI is InChI=1S/C15H15N3OS/c1-19-14-10-6-5-9-13(14)17-15(20)18-16-11-12-7-3-2-4-8-12/h2-11H,1H3,(H2,17,18,20). The van der Waals surface area contributed by atoms with Crippen molar-refractivity contribution in [1.82, 2.24) is 5.43 Å². The first kappa shape index (κ1) is 14.0. The van der Waals surface area contributed by atoms with Crippen molar-refractivity contribution in [1.29, 1.82) is 0 Å². The van der Waals surface area contributed by atoms with E-state index >= 15 is 0 Å². The third-order valence-electron chi connectivity index (χ3n) is 2.53. The summed E-state index contributed by atoms with van der Waals surface area (Å²) in [6, 6.07) is 17.3. The number of nitrogens with zero attached hydrogens (tertiary/aromatic N) is 1. The minimum atomic E-state index is 0.404. The Morgan fingerprint density at radius 3 is 2.55 bits per heavy atom. The summed E-state index contributed by atoms with van der Waals surface area (Å²) < 4.78 is 5.23. The maximum absolute atomic E-state index is 5.23. The van der Waals surface area contributed by atoms with Crippen molar-refractivity contribution in [2.75, 3.05) is 12.4 Å². The van der Waals surface area contributed by atoms with Crippen LogP contribution in [0, 0.1) is 0 Å². The molecule has 0 fully saturated rings. The molecule has 4 nitrogen and oxygen atoms in total. The van der Waals surface area contributed by atoms with E-state index in [9.17, 15) is 0 Å². The molecule has 0 aliphatic carbocycles. The third kappa shape index (κ3) is 4.07. The quantitative estimate of drug-likeness (QED) is 0.515. The zero-order valence-electron chi connectivity index (χ0n) is 11.0. The molecule has 0 aliphatic rings. The predicted octanol–water partition coefficient (Wildman–Crippen LogP) is 3.02. The predicted molar refractivity (Wildman–Crippen MR) is 86.4 cm³/mol. The van der Waals surface area contributed by atoms with Gasteiger partial charge in [0.25, 0.3) is 0 Å². The molecule has 2 aromatic carbocycles. The first-order valence-electron chi connectivity index (χ1n) is 6.08. The number of rotatable bonds is 4. The Kier molecular flexibility index (Phi) is 5.08. The fraction of sp³-hybridized carbons (Fsp3) is 0.0667. The molecule has 0 amide bonds. The molecule has 0 saturated heterocycles. The zero-order valence-corrected chi connectivity index (χ0v) is 11.9. The molecule has 0 aromatic heterocycles. The van der Waals surface area contributed by atoms with Crippen LogP contribution in [0.15, 0.2) is 59.7 Å². The number of hydrogen-bond acceptors (Lipinski definition) is 3. The number of thiocarbonyl (C=S) groups is 1. The Balaban J connectivity index is 1.91. The molecule has 5 heteroatoms. The van der Waals surface area contributed by atoms with Crippen LogP contribution in [0.3, 0.4) is 0 Å². The number of para-hydroxylation sites is 2. The minimum absolute atomic E-state index is 0.404. The average Bonchev–Trinajstić information content (AvgIpc) is 2.49. The topological polar surface area (TPSA) is 45.6 Å². The third-order valence-corrected chi connectivity index (χ3v) is 2.73. The summed E-state index contributed by atoms with van der Waals surface area (Å²) in [4.78, 5) is 0. The highest BCUT2D eigenvalue weighted by Gasteiger charge is 2.02. The van der Waals surface area contributed by atoms with E-state index in [0.29, 0.717) is 5.11 Å². The SMILES string of the molecule is COc1ccccc1NC(=S)NN=Cc1ccccc1. The molecular formula is C15H15N3OS. The second-order valence-electron chi connectivity index (χ2n) is 3.94. The van der Waals surface area contributed by atoms with Crippen molar-refractivity contribution in [3.8, 4) is 5.75 Å². The van der Waals surface area contributed by atoms with Crippen LogP contribution in [0.25, 0.3) is 0 Å². The van der Waals surface area contributed by atoms with Crippen LogP contribution in [0.2, 0.25) is 0 Å². The number of benzene rings is 2. The Morgan fingerprint density at radius 2 is 1.80 bits per heavy atom. The summed E-state index contributed by atoms with van der Waals surface area (Å²) in [6.45, 7) is 0. The van der Waals surface area contributed by atoms with Gasteiger partial charge in [0, 0.05) is 0 Å². The lowest BCUT2D eigenvalue weighted by molar-refractivity contribution is 0.417. The van der Waals surface area contributed by atoms with Crippen LogP contribution in [-0.4, -0.2) is 18.4 Å². The molecule has 20 heavy (non-hydrogen) atoms. The van der Waals surface area contributed by atoms with E-state index in [0.717, 1.165) is 17.0 Å². The van der Waals surface area contributed by atoms with Gasteiger partial charge in [-0.05, 0) is 29.9 Å². The molecule has 2 aromatic rings. The number of hydrazone groups is 1. The number of ether oxygens (including phenoxy) is 1. The van der Waals surface area contributed by atoms with E-state index in [1.165, 1.54) is 0 Å². The summed E-state index contributed by atoms with van der Waals surface area (Å²) >= 11 is 5.17. The van der Waals surface area contributed by atoms with E-state index in [2.05, 4.69) is 15.8 Å². The van der Waals surface area contributed by atoms with Crippen LogP contribution in [0.5, 0.6) is 5.75 Å². The molecular weight excluding hydrogens is 270 g/mol. The van der Waals surface area contributed by atoms with Gasteiger partial charge in [0.05, 0.1) is 19.0 Å². The Labute approximate surface area is 123 Å². The van der Waals surface area contributed by atoms with Gasteiger partial charge in [-0.25, -0.2) is 0 Å². The number of nitrogens with one attached hydrogen (secondary N) is 2. The van der Waals surface area contributed by atoms with Crippen LogP contribution >= 0.6 is 12.2 Å². The van der Waals surface area contributed by atoms with E-state index in [4.69, 9.17) is 17.0 Å². The highest BCUT2D eigenvalue weighted by molar-refractivity contribution is 7.80. The van der Waals surface area contributed by atoms with Crippen molar-refractivity contribution >= 4 is 29.2 Å². The summed E-state index contributed by atoms with van der Waals surface area (Å²) in [6.07, 6.45) is 1.70. The molecule has 102 valence electrons. The smallest absolute Gasteiger partial charge is 0.191 e. The lowest BCUT2D eigenvalue weighted by Gasteiger charge is -2.10. The van der Waals surface area contributed by atoms with Crippen LogP contribution in [0.4, 0.5) is 5.69 Å². The van der Waals surface area contributed by atoms with Gasteiger partial charge in [0.15, 0.2) is 5.11 Å². The van der Waals surface area contributed by atoms with Crippen molar-refractivity contribution in [3.63, 3.8) is 0 Å². The van der Waals surface area contributed by atoms with E-state index in [-0.39, 0.29) is 0 Å². The van der Waals surface area contributed by atoms with Gasteiger partial charge in [0.2, 0.25) is 0 Å². The Morgan fingerprint density at radius 1 is 1.10 bits per heavy atom. The molecule has 0 heterocycles. The minimum Gasteiger partial charge on any atom is -0.495 e. The average molecular weight is 285 g/mol. The first-order valence-corrected chi connectivity index (χ1v) is 6.48. The molecule has 0 aliphatic heterocycles. The summed E-state index contributed by atoms with van der Waals surface area (Å²) in [5.74, 6) is 0.726. The van der Waals surface area contributed by atoms with Crippen molar-refractivity contribution in [2.24, 2.45) is 5.10 Å². The van der Waals surface area contributed by atoms with Gasteiger partial charge in [-0.15, -0.1) is 0 Å². The van der Waals surface area contributed by atoms with Gasteiger partial charge in [-0.3, -0.25) is 5.43 Å². The second kappa shape index (κ2) is 7.25. The number of methoxy groups -OCH3 is 1. The Bertz CT molecular complexity index is 599. The molecule has 0 radical (unpaired) electrons. The molecule has 0 bridgehead atoms. The fourth-order valence-corrected chi connectivity index (χ4v) is 1.77. The number of anilines is 1. The van der Waals surface area contributed by atoms with Crippen molar-refractivity contribution in [3.05, 3.63) is 60.2 Å². The summed E-state index contributed by atoms with van der Waals surface area (Å²) in [5.41, 5.74) is 4.56. The maximum Gasteiger partial charge on any atom is 0.191 e. The molecule has 0 atom stereocenters. The summed E-state index contributed by atoms with van der Waals surface area (Å²) in [7, 11) is 1.62. The summed E-state index contributed by atoms with van der Waals surface area (Å²) in [5, 5.41) is 7.51. The normalized spacial score (nSPS) is 10.2. The molecule has 0 unspecified atom stereocenters. The van der Waals surface area contributed by atoms with Crippen molar-refractivity contribution < 1.29 is 4.74 Å². The molecule has 2 N–H and O–H groups in total. The molecule has 0 spiro atoms. The van der Waals surface area contributed by atoms with Gasteiger partial charge in [-0.1, -0.05) is 42.5 Å². The Hall–Kier alpha value is -2.40. The fourth-order valence-electron chi connectivity index (χ4n) is 1.60. The highest BCUT2D eigenvalue weighted by Crippen LogP contribution is 2.22. The second-order valence-corrected chi connectivity index (χ2v) is 4.34. The lowest BCUT2D eigenvalue weighted by Crippen LogP contribution is -2.24. The van der Waals surface area contributed by atoms with Gasteiger partial charge in [0.1, 0.15) is 5.75 Å². The highest BCUT2D eigenvalue weighted by atomic mass is 32.1. The monoisotopic (exact) mass is 285 g/mol. The van der Waals surface area contributed by atoms with Crippen molar-refractivity contribution in [2.45, 2.75) is 0 Å². The van der Waals surface area contributed by atoms with E-state index in [1.807, 2.05) is 54.6 Å². The van der Waals surface area contributed by atoms with Crippen LogP contribution < -0.4 is 15.5 Å². The van der Waals surface area contributed by atoms with Gasteiger partial charge < -0.3 is 10.1 Å². The lowest BCUT2D eigenvalue weighted by atomic mass is 10.2. The first-order chi connectivity index (χ1) is 9.79. The van der Waals surface area contributed by atoms with Gasteiger partial charge in [-0.2, -0.15) is 5.10 Å². The molecule has 0 saturated carbocycles. The van der Waals surface area contributed by atoms with Gasteiger partial charge >= 0.3 is 0 Å². The zero-order chi connectivity index (χ0) is 14.2. The number of hydrogen-bond donors (Lipinski definition) is 2. The van der Waals surface area contributed by atoms with E-state index < -0.39 is 0 Å². The van der Waals surface area contributed by atoms with Crippen LogP contribution in [-0.2, 0) is 0 Å². The van der Waals surface area contributed by atoms with E-state index in [1.54, 1.807) is 13.3 Å². The van der Waals surface area contributed by atoms with Crippen LogP contribution in [0.1, 0.15) is 5.56 Å². The molecule has 2 rings (SSSR count). The largest absolute Gasteiger partial charge is 0.495 e. The maximum atomic E-state index is 5.23.